The lowest BCUT2D eigenvalue weighted by Gasteiger charge is -2.31. The van der Waals surface area contributed by atoms with Gasteiger partial charge in [-0.1, -0.05) is 13.0 Å². The third-order valence-electron chi connectivity index (χ3n) is 7.16. The summed E-state index contributed by atoms with van der Waals surface area (Å²) in [5.74, 6) is -4.41. The molecule has 15 heteroatoms. The van der Waals surface area contributed by atoms with Gasteiger partial charge in [0, 0.05) is 38.4 Å². The second-order valence-corrected chi connectivity index (χ2v) is 13.8. The van der Waals surface area contributed by atoms with Crippen LogP contribution in [0.1, 0.15) is 68.9 Å². The Labute approximate surface area is 246 Å². The van der Waals surface area contributed by atoms with Crippen molar-refractivity contribution < 1.29 is 36.3 Å². The highest BCUT2D eigenvalue weighted by molar-refractivity contribution is 7.89. The maximum absolute atomic E-state index is 13.8. The third kappa shape index (κ3) is 6.84. The van der Waals surface area contributed by atoms with Gasteiger partial charge in [0.25, 0.3) is 17.7 Å². The molecule has 0 spiro atoms. The minimum atomic E-state index is -3.79. The summed E-state index contributed by atoms with van der Waals surface area (Å²) in [7, 11) is -3.79. The lowest BCUT2D eigenvalue weighted by atomic mass is 9.90. The summed E-state index contributed by atoms with van der Waals surface area (Å²) in [6.07, 6.45) is -0.363. The number of amides is 1. The Morgan fingerprint density at radius 2 is 1.90 bits per heavy atom. The summed E-state index contributed by atoms with van der Waals surface area (Å²) < 4.78 is 61.6. The predicted octanol–water partition coefficient (Wildman–Crippen LogP) is 4.77. The van der Waals surface area contributed by atoms with E-state index < -0.39 is 46.1 Å². The van der Waals surface area contributed by atoms with Crippen molar-refractivity contribution in [2.75, 3.05) is 13.1 Å². The van der Waals surface area contributed by atoms with E-state index in [1.54, 1.807) is 19.9 Å². The quantitative estimate of drug-likeness (QED) is 0.324. The Morgan fingerprint density at radius 1 is 1.24 bits per heavy atom. The van der Waals surface area contributed by atoms with Crippen LogP contribution in [0.3, 0.4) is 0 Å². The molecule has 3 aromatic rings. The van der Waals surface area contributed by atoms with E-state index in [0.29, 0.717) is 22.4 Å². The zero-order valence-corrected chi connectivity index (χ0v) is 25.5. The number of thiazole rings is 1. The number of rotatable bonds is 10. The first kappa shape index (κ1) is 31.6. The van der Waals surface area contributed by atoms with Crippen LogP contribution in [0, 0.1) is 12.3 Å². The first-order chi connectivity index (χ1) is 19.5. The molecule has 0 saturated carbocycles. The third-order valence-corrected chi connectivity index (χ3v) is 9.82. The normalized spacial score (nSPS) is 16.4. The first-order valence-electron chi connectivity index (χ1n) is 13.4. The maximum atomic E-state index is 13.8. The molecule has 1 fully saturated rings. The smallest absolute Gasteiger partial charge is 0.309 e. The number of alkyl halides is 2. The average Bonchev–Trinajstić information content (AvgIpc) is 3.55. The van der Waals surface area contributed by atoms with E-state index in [0.717, 1.165) is 11.3 Å². The average molecular weight is 626 g/mol. The summed E-state index contributed by atoms with van der Waals surface area (Å²) in [6.45, 7) is 8.07. The molecule has 1 saturated heterocycles. The molecule has 3 heterocycles. The summed E-state index contributed by atoms with van der Waals surface area (Å²) in [5.41, 5.74) is -0.107. The molecule has 0 aliphatic carbocycles. The van der Waals surface area contributed by atoms with E-state index >= 15 is 0 Å². The first-order valence-corrected chi connectivity index (χ1v) is 15.7. The lowest BCUT2D eigenvalue weighted by molar-refractivity contribution is -0.147. The van der Waals surface area contributed by atoms with Crippen molar-refractivity contribution in [2.45, 2.75) is 77.2 Å². The van der Waals surface area contributed by atoms with E-state index in [2.05, 4.69) is 19.9 Å². The molecular formula is C27H33F2N5O6S2. The van der Waals surface area contributed by atoms with Gasteiger partial charge >= 0.3 is 5.97 Å². The minimum absolute atomic E-state index is 0.0118. The number of carbonyl (C=O) groups excluding carboxylic acids is 1. The van der Waals surface area contributed by atoms with Gasteiger partial charge in [-0.25, -0.2) is 26.9 Å². The van der Waals surface area contributed by atoms with Crippen molar-refractivity contribution in [1.29, 1.82) is 0 Å². The Bertz CT molecular complexity index is 1590. The highest BCUT2D eigenvalue weighted by Gasteiger charge is 2.38. The number of nitrogens with zero attached hydrogens (tertiary/aromatic N) is 4. The van der Waals surface area contributed by atoms with Crippen LogP contribution in [0.5, 0.6) is 0 Å². The molecule has 228 valence electrons. The highest BCUT2D eigenvalue weighted by Crippen LogP contribution is 2.39. The number of hydrogen-bond donors (Lipinski definition) is 2. The fourth-order valence-corrected chi connectivity index (χ4v) is 6.75. The number of aryl methyl sites for hydroxylation is 1. The van der Waals surface area contributed by atoms with Crippen LogP contribution in [-0.4, -0.2) is 70.5 Å². The van der Waals surface area contributed by atoms with Gasteiger partial charge in [-0.05, 0) is 57.4 Å². The fourth-order valence-electron chi connectivity index (χ4n) is 4.27. The monoisotopic (exact) mass is 625 g/mol. The van der Waals surface area contributed by atoms with Crippen molar-refractivity contribution in [3.05, 3.63) is 35.3 Å². The minimum Gasteiger partial charge on any atom is -0.481 e. The van der Waals surface area contributed by atoms with Crippen LogP contribution in [0.15, 0.2) is 27.5 Å². The van der Waals surface area contributed by atoms with Gasteiger partial charge in [0.2, 0.25) is 15.9 Å². The second kappa shape index (κ2) is 11.8. The van der Waals surface area contributed by atoms with Crippen molar-refractivity contribution in [2.24, 2.45) is 5.41 Å². The number of halogens is 2. The summed E-state index contributed by atoms with van der Waals surface area (Å²) in [5, 5.41) is 17.6. The molecule has 1 aliphatic heterocycles. The van der Waals surface area contributed by atoms with Gasteiger partial charge in [-0.15, -0.1) is 21.5 Å². The zero-order chi connectivity index (χ0) is 31.0. The van der Waals surface area contributed by atoms with E-state index in [1.807, 2.05) is 6.92 Å². The SMILES string of the molecule is CC[C@@H](C)NS(=O)(=O)c1ccc(-c2sc(-c3nnc(CC(C)(C)C(=O)O)o3)nc2C(=O)N2CCC(F)(F)CC2)c(C)c1. The number of carboxylic acids is 1. The molecular weight excluding hydrogens is 592 g/mol. The van der Waals surface area contributed by atoms with Gasteiger partial charge < -0.3 is 14.4 Å². The molecule has 2 N–H and O–H groups in total. The van der Waals surface area contributed by atoms with Crippen LogP contribution in [0.25, 0.3) is 21.3 Å². The topological polar surface area (TPSA) is 156 Å². The standard InChI is InChI=1S/C27H33F2N5O6S2/c1-6-16(3)33-42(38,39)17-7-8-18(15(2)13-17)21-20(24(35)34-11-9-27(28,29)10-12-34)30-23(41-21)22-32-31-19(40-22)14-26(4,5)25(36)37/h7-8,13,16,33H,6,9-12,14H2,1-5H3,(H,36,37)/t16-/m1/s1. The molecule has 1 aliphatic rings. The van der Waals surface area contributed by atoms with E-state index in [9.17, 15) is 31.9 Å². The summed E-state index contributed by atoms with van der Waals surface area (Å²) >= 11 is 1.05. The van der Waals surface area contributed by atoms with Crippen molar-refractivity contribution in [1.82, 2.24) is 24.8 Å². The number of nitrogens with one attached hydrogen (secondary N) is 1. The number of sulfonamides is 1. The van der Waals surface area contributed by atoms with Crippen LogP contribution in [0.2, 0.25) is 0 Å². The lowest BCUT2D eigenvalue weighted by Crippen LogP contribution is -2.43. The van der Waals surface area contributed by atoms with Crippen molar-refractivity contribution in [3.8, 4) is 21.3 Å². The Hall–Kier alpha value is -3.30. The molecule has 42 heavy (non-hydrogen) atoms. The Morgan fingerprint density at radius 3 is 2.50 bits per heavy atom. The molecule has 0 bridgehead atoms. The Kier molecular flexibility index (Phi) is 8.86. The second-order valence-electron chi connectivity index (χ2n) is 11.1. The predicted molar refractivity (Wildman–Crippen MR) is 151 cm³/mol. The number of carbonyl (C=O) groups is 2. The molecule has 1 aromatic carbocycles. The maximum Gasteiger partial charge on any atom is 0.309 e. The largest absolute Gasteiger partial charge is 0.481 e. The highest BCUT2D eigenvalue weighted by atomic mass is 32.2. The van der Waals surface area contributed by atoms with Crippen molar-refractivity contribution in [3.63, 3.8) is 0 Å². The molecule has 0 radical (unpaired) electrons. The van der Waals surface area contributed by atoms with Crippen LogP contribution < -0.4 is 4.72 Å². The Balaban J connectivity index is 1.74. The number of likely N-dealkylation sites (tertiary alicyclic amines) is 1. The van der Waals surface area contributed by atoms with Crippen LogP contribution in [-0.2, 0) is 21.2 Å². The van der Waals surface area contributed by atoms with Crippen LogP contribution >= 0.6 is 11.3 Å². The molecule has 0 unspecified atom stereocenters. The van der Waals surface area contributed by atoms with E-state index in [1.165, 1.54) is 30.9 Å². The zero-order valence-electron chi connectivity index (χ0n) is 23.9. The molecule has 1 amide bonds. The number of benzene rings is 1. The van der Waals surface area contributed by atoms with Crippen molar-refractivity contribution >= 4 is 33.2 Å². The van der Waals surface area contributed by atoms with E-state index in [4.69, 9.17) is 4.42 Å². The molecule has 1 atom stereocenters. The molecule has 11 nitrogen and oxygen atoms in total. The number of aliphatic carboxylic acids is 1. The van der Waals surface area contributed by atoms with Gasteiger partial charge in [0.1, 0.15) is 5.69 Å². The number of hydrogen-bond acceptors (Lipinski definition) is 9. The molecule has 4 rings (SSSR count). The van der Waals surface area contributed by atoms with Gasteiger partial charge in [0.15, 0.2) is 5.01 Å². The van der Waals surface area contributed by atoms with Gasteiger partial charge in [-0.2, -0.15) is 0 Å². The molecule has 2 aromatic heterocycles. The van der Waals surface area contributed by atoms with Gasteiger partial charge in [-0.3, -0.25) is 9.59 Å². The summed E-state index contributed by atoms with van der Waals surface area (Å²) in [4.78, 5) is 31.4. The fraction of sp³-hybridized carbons (Fsp3) is 0.519. The van der Waals surface area contributed by atoms with Crippen LogP contribution in [0.4, 0.5) is 8.78 Å². The summed E-state index contributed by atoms with van der Waals surface area (Å²) in [6, 6.07) is 4.24. The number of carboxylic acid groups (broad SMARTS) is 1. The number of aromatic nitrogens is 3. The van der Waals surface area contributed by atoms with Gasteiger partial charge in [0.05, 0.1) is 15.2 Å². The number of piperidine rings is 1. The van der Waals surface area contributed by atoms with E-state index in [-0.39, 0.29) is 52.9 Å².